The van der Waals surface area contributed by atoms with E-state index in [9.17, 15) is 34.8 Å². The lowest BCUT2D eigenvalue weighted by Gasteiger charge is -2.42. The number of aromatic nitrogens is 2. The molecule has 3 heterocycles. The van der Waals surface area contributed by atoms with Gasteiger partial charge in [0.2, 0.25) is 0 Å². The minimum Gasteiger partial charge on any atom is -0.457 e. The van der Waals surface area contributed by atoms with Crippen LogP contribution < -0.4 is 11.2 Å². The number of aliphatic hydroxyl groups excluding tert-OH is 4. The first-order valence-corrected chi connectivity index (χ1v) is 17.7. The maximum absolute atomic E-state index is 12.6. The summed E-state index contributed by atoms with van der Waals surface area (Å²) in [4.78, 5) is 39.1. The topological polar surface area (TPSA) is 190 Å². The lowest BCUT2D eigenvalue weighted by atomic mass is 9.99. The molecular weight excluding hydrogens is 612 g/mol. The molecule has 5 N–H and O–H groups in total. The van der Waals surface area contributed by atoms with Crippen molar-refractivity contribution in [3.63, 3.8) is 0 Å². The van der Waals surface area contributed by atoms with Crippen LogP contribution in [-0.4, -0.2) is 91.6 Å². The lowest BCUT2D eigenvalue weighted by Crippen LogP contribution is -2.60. The molecule has 2 saturated heterocycles. The number of carbonyl (C=O) groups is 1. The zero-order chi connectivity index (χ0) is 34.3. The van der Waals surface area contributed by atoms with Crippen molar-refractivity contribution in [2.45, 2.75) is 179 Å². The first-order valence-electron chi connectivity index (χ1n) is 17.7. The second-order valence-corrected chi connectivity index (χ2v) is 13.2. The highest BCUT2D eigenvalue weighted by Gasteiger charge is 2.51. The molecule has 270 valence electrons. The molecule has 0 amide bonds. The van der Waals surface area contributed by atoms with Crippen molar-refractivity contribution >= 4 is 5.97 Å². The van der Waals surface area contributed by atoms with Crippen molar-refractivity contribution in [3.8, 4) is 0 Å². The van der Waals surface area contributed by atoms with E-state index >= 15 is 0 Å². The smallest absolute Gasteiger partial charge is 0.330 e. The van der Waals surface area contributed by atoms with Crippen LogP contribution in [0.4, 0.5) is 0 Å². The summed E-state index contributed by atoms with van der Waals surface area (Å²) in [5, 5.41) is 42.1. The lowest BCUT2D eigenvalue weighted by molar-refractivity contribution is -0.315. The molecule has 1 aromatic heterocycles. The average molecular weight is 671 g/mol. The van der Waals surface area contributed by atoms with Gasteiger partial charge in [-0.2, -0.15) is 0 Å². The van der Waals surface area contributed by atoms with Gasteiger partial charge >= 0.3 is 11.7 Å². The van der Waals surface area contributed by atoms with Gasteiger partial charge in [0.25, 0.3) is 5.56 Å². The largest absolute Gasteiger partial charge is 0.457 e. The molecule has 13 heteroatoms. The standard InChI is InChI=1S/C34H58N2O11/c1-4-5-6-7-8-9-10-11-12-13-14-15-16-17-18-19-25(38)46-29-23(3)44-33(28(41)27(29)40)47-30-26(39)24(21-37)45-32(30)36-20-22(2)31(42)35-34(36)43/h20,23-24,26-30,32-33,37,39-41H,4-19,21H2,1-3H3,(H,35,42,43)/t23-,24+,26+,27-,28-,29+,30+,32+,33-/m0/s1. The van der Waals surface area contributed by atoms with Crippen LogP contribution in [0.25, 0.3) is 0 Å². The SMILES string of the molecule is CCCCCCCCCCCCCCCCCC(=O)O[C@H]1[C@@H](O)[C@H](O)[C@H](O[C@@H]2[C@H](O)[C@@H](CO)O[C@H]2n2cc(C)c(=O)[nH]c2=O)O[C@H]1C. The normalized spacial score (nSPS) is 29.3. The Morgan fingerprint density at radius 3 is 1.94 bits per heavy atom. The van der Waals surface area contributed by atoms with Crippen LogP contribution >= 0.6 is 0 Å². The van der Waals surface area contributed by atoms with Gasteiger partial charge in [0, 0.05) is 18.2 Å². The van der Waals surface area contributed by atoms with Gasteiger partial charge in [0.15, 0.2) is 18.6 Å². The summed E-state index contributed by atoms with van der Waals surface area (Å²) >= 11 is 0. The van der Waals surface area contributed by atoms with Crippen LogP contribution in [0, 0.1) is 6.92 Å². The molecule has 0 aromatic carbocycles. The molecule has 9 atom stereocenters. The molecule has 0 unspecified atom stereocenters. The van der Waals surface area contributed by atoms with E-state index in [2.05, 4.69) is 11.9 Å². The molecular formula is C34H58N2O11. The number of unbranched alkanes of at least 4 members (excludes halogenated alkanes) is 14. The van der Waals surface area contributed by atoms with Gasteiger partial charge in [-0.3, -0.25) is 19.1 Å². The maximum Gasteiger partial charge on any atom is 0.330 e. The molecule has 2 aliphatic heterocycles. The van der Waals surface area contributed by atoms with Gasteiger partial charge < -0.3 is 39.4 Å². The van der Waals surface area contributed by atoms with E-state index in [0.717, 1.165) is 23.8 Å². The number of nitrogens with one attached hydrogen (secondary N) is 1. The summed E-state index contributed by atoms with van der Waals surface area (Å²) in [6, 6.07) is 0. The highest BCUT2D eigenvalue weighted by atomic mass is 16.7. The fourth-order valence-electron chi connectivity index (χ4n) is 6.30. The van der Waals surface area contributed by atoms with Crippen LogP contribution in [0.15, 0.2) is 15.8 Å². The third-order valence-corrected chi connectivity index (χ3v) is 9.23. The predicted molar refractivity (Wildman–Crippen MR) is 174 cm³/mol. The number of H-pyrrole nitrogens is 1. The Bertz CT molecular complexity index is 1170. The first kappa shape index (κ1) is 39.3. The molecule has 0 radical (unpaired) electrons. The Morgan fingerprint density at radius 2 is 1.38 bits per heavy atom. The van der Waals surface area contributed by atoms with E-state index < -0.39 is 79.1 Å². The summed E-state index contributed by atoms with van der Waals surface area (Å²) in [5.41, 5.74) is -1.23. The van der Waals surface area contributed by atoms with E-state index in [0.29, 0.717) is 6.42 Å². The van der Waals surface area contributed by atoms with Gasteiger partial charge in [0.1, 0.15) is 30.5 Å². The number of hydrogen-bond donors (Lipinski definition) is 5. The van der Waals surface area contributed by atoms with Gasteiger partial charge in [-0.15, -0.1) is 0 Å². The summed E-state index contributed by atoms with van der Waals surface area (Å²) in [6.07, 6.45) is 7.72. The number of ether oxygens (including phenoxy) is 4. The Kier molecular flexibility index (Phi) is 17.1. The monoisotopic (exact) mass is 670 g/mol. The Hall–Kier alpha value is -2.13. The van der Waals surface area contributed by atoms with E-state index in [1.807, 2.05) is 0 Å². The van der Waals surface area contributed by atoms with Gasteiger partial charge in [0.05, 0.1) is 12.7 Å². The summed E-state index contributed by atoms with van der Waals surface area (Å²) in [5.74, 6) is -0.496. The molecule has 47 heavy (non-hydrogen) atoms. The molecule has 1 aromatic rings. The van der Waals surface area contributed by atoms with Crippen LogP contribution in [0.2, 0.25) is 0 Å². The number of aryl methyl sites for hydroxylation is 1. The summed E-state index contributed by atoms with van der Waals surface area (Å²) in [6.45, 7) is 4.68. The quantitative estimate of drug-likeness (QED) is 0.0955. The Morgan fingerprint density at radius 1 is 0.830 bits per heavy atom. The summed E-state index contributed by atoms with van der Waals surface area (Å²) < 4.78 is 23.8. The van der Waals surface area contributed by atoms with Crippen molar-refractivity contribution in [1.82, 2.24) is 9.55 Å². The molecule has 2 fully saturated rings. The molecule has 0 saturated carbocycles. The number of carbonyl (C=O) groups excluding carboxylic acids is 1. The van der Waals surface area contributed by atoms with Crippen molar-refractivity contribution < 1.29 is 44.2 Å². The number of aromatic amines is 1. The van der Waals surface area contributed by atoms with Crippen LogP contribution in [0.3, 0.4) is 0 Å². The first-order chi connectivity index (χ1) is 22.6. The van der Waals surface area contributed by atoms with Crippen molar-refractivity contribution in [2.75, 3.05) is 6.61 Å². The maximum atomic E-state index is 12.6. The zero-order valence-electron chi connectivity index (χ0n) is 28.4. The Labute approximate surface area is 277 Å². The molecule has 0 aliphatic carbocycles. The second-order valence-electron chi connectivity index (χ2n) is 13.2. The fourth-order valence-corrected chi connectivity index (χ4v) is 6.30. The Balaban J connectivity index is 1.38. The van der Waals surface area contributed by atoms with Crippen LogP contribution in [0.1, 0.15) is 128 Å². The number of rotatable bonds is 21. The van der Waals surface area contributed by atoms with Gasteiger partial charge in [-0.25, -0.2) is 4.79 Å². The number of nitrogens with zero attached hydrogens (tertiary/aromatic N) is 1. The fraction of sp³-hybridized carbons (Fsp3) is 0.853. The third-order valence-electron chi connectivity index (χ3n) is 9.23. The third kappa shape index (κ3) is 11.8. The highest BCUT2D eigenvalue weighted by molar-refractivity contribution is 5.69. The molecule has 2 aliphatic rings. The molecule has 0 spiro atoms. The molecule has 0 bridgehead atoms. The average Bonchev–Trinajstić information content (AvgIpc) is 3.35. The van der Waals surface area contributed by atoms with Crippen molar-refractivity contribution in [3.05, 3.63) is 32.6 Å². The second kappa shape index (κ2) is 20.4. The van der Waals surface area contributed by atoms with Crippen LogP contribution in [0.5, 0.6) is 0 Å². The van der Waals surface area contributed by atoms with Crippen LogP contribution in [-0.2, 0) is 23.7 Å². The van der Waals surface area contributed by atoms with Crippen molar-refractivity contribution in [1.29, 1.82) is 0 Å². The van der Waals surface area contributed by atoms with E-state index in [4.69, 9.17) is 18.9 Å². The van der Waals surface area contributed by atoms with Crippen molar-refractivity contribution in [2.24, 2.45) is 0 Å². The zero-order valence-corrected chi connectivity index (χ0v) is 28.4. The van der Waals surface area contributed by atoms with Gasteiger partial charge in [-0.05, 0) is 20.3 Å². The number of hydrogen-bond acceptors (Lipinski definition) is 11. The van der Waals surface area contributed by atoms with Gasteiger partial charge in [-0.1, -0.05) is 96.8 Å². The minimum atomic E-state index is -1.68. The summed E-state index contributed by atoms with van der Waals surface area (Å²) in [7, 11) is 0. The predicted octanol–water partition coefficient (Wildman–Crippen LogP) is 3.12. The molecule has 13 nitrogen and oxygen atoms in total. The minimum absolute atomic E-state index is 0.188. The van der Waals surface area contributed by atoms with E-state index in [-0.39, 0.29) is 12.0 Å². The number of aliphatic hydroxyl groups is 4. The highest BCUT2D eigenvalue weighted by Crippen LogP contribution is 2.34. The van der Waals surface area contributed by atoms with E-state index in [1.165, 1.54) is 83.7 Å². The van der Waals surface area contributed by atoms with E-state index in [1.54, 1.807) is 6.92 Å². The number of esters is 1. The molecule has 3 rings (SSSR count).